The molecule has 1 aromatic carbocycles. The SMILES string of the molecule is CCCNC(Cn1ncc(=O)c2ccccc21)C(C)C. The molecule has 0 spiro atoms. The molecule has 0 aliphatic rings. The number of rotatable bonds is 6. The predicted octanol–water partition coefficient (Wildman–Crippen LogP) is 2.42. The first-order chi connectivity index (χ1) is 9.63. The third kappa shape index (κ3) is 3.25. The van der Waals surface area contributed by atoms with Crippen molar-refractivity contribution in [1.82, 2.24) is 15.1 Å². The van der Waals surface area contributed by atoms with Crippen LogP contribution in [-0.4, -0.2) is 22.4 Å². The molecule has 108 valence electrons. The van der Waals surface area contributed by atoms with Gasteiger partial charge in [-0.25, -0.2) is 0 Å². The molecule has 20 heavy (non-hydrogen) atoms. The Morgan fingerprint density at radius 2 is 2.05 bits per heavy atom. The first-order valence-corrected chi connectivity index (χ1v) is 7.31. The highest BCUT2D eigenvalue weighted by Gasteiger charge is 2.14. The molecular weight excluding hydrogens is 250 g/mol. The predicted molar refractivity (Wildman–Crippen MR) is 82.9 cm³/mol. The largest absolute Gasteiger partial charge is 0.312 e. The van der Waals surface area contributed by atoms with Crippen molar-refractivity contribution in [3.8, 4) is 0 Å². The van der Waals surface area contributed by atoms with Gasteiger partial charge in [0.2, 0.25) is 5.43 Å². The third-order valence-corrected chi connectivity index (χ3v) is 3.59. The van der Waals surface area contributed by atoms with E-state index in [-0.39, 0.29) is 5.43 Å². The van der Waals surface area contributed by atoms with Crippen LogP contribution in [0.4, 0.5) is 0 Å². The fourth-order valence-corrected chi connectivity index (χ4v) is 2.33. The molecule has 0 aliphatic heterocycles. The van der Waals surface area contributed by atoms with Crippen LogP contribution in [0.25, 0.3) is 10.9 Å². The van der Waals surface area contributed by atoms with Crippen molar-refractivity contribution in [1.29, 1.82) is 0 Å². The van der Waals surface area contributed by atoms with Crippen molar-refractivity contribution < 1.29 is 0 Å². The van der Waals surface area contributed by atoms with Crippen LogP contribution in [0.3, 0.4) is 0 Å². The zero-order valence-electron chi connectivity index (χ0n) is 12.5. The quantitative estimate of drug-likeness (QED) is 0.879. The van der Waals surface area contributed by atoms with Crippen molar-refractivity contribution >= 4 is 10.9 Å². The number of nitrogens with zero attached hydrogens (tertiary/aromatic N) is 2. The minimum absolute atomic E-state index is 0.0144. The molecule has 1 atom stereocenters. The van der Waals surface area contributed by atoms with Crippen LogP contribution in [0.5, 0.6) is 0 Å². The van der Waals surface area contributed by atoms with Gasteiger partial charge in [-0.2, -0.15) is 5.10 Å². The van der Waals surface area contributed by atoms with Crippen molar-refractivity contribution in [3.63, 3.8) is 0 Å². The van der Waals surface area contributed by atoms with Gasteiger partial charge >= 0.3 is 0 Å². The molecule has 2 aromatic rings. The highest BCUT2D eigenvalue weighted by atomic mass is 16.1. The highest BCUT2D eigenvalue weighted by Crippen LogP contribution is 2.11. The smallest absolute Gasteiger partial charge is 0.207 e. The van der Waals surface area contributed by atoms with E-state index in [4.69, 9.17) is 0 Å². The van der Waals surface area contributed by atoms with Crippen LogP contribution in [-0.2, 0) is 6.54 Å². The maximum Gasteiger partial charge on any atom is 0.207 e. The van der Waals surface area contributed by atoms with E-state index in [1.54, 1.807) is 0 Å². The van der Waals surface area contributed by atoms with Crippen LogP contribution in [0.2, 0.25) is 0 Å². The standard InChI is InChI=1S/C16H23N3O/c1-4-9-17-14(12(2)3)11-19-15-8-6-5-7-13(15)16(20)10-18-19/h5-8,10,12,14,17H,4,9,11H2,1-3H3. The zero-order valence-corrected chi connectivity index (χ0v) is 12.5. The Morgan fingerprint density at radius 1 is 1.30 bits per heavy atom. The summed E-state index contributed by atoms with van der Waals surface area (Å²) in [6, 6.07) is 8.02. The van der Waals surface area contributed by atoms with E-state index in [0.29, 0.717) is 12.0 Å². The molecule has 0 saturated heterocycles. The summed E-state index contributed by atoms with van der Waals surface area (Å²) in [5.74, 6) is 0.515. The number of para-hydroxylation sites is 1. The zero-order chi connectivity index (χ0) is 14.5. The molecule has 0 radical (unpaired) electrons. The lowest BCUT2D eigenvalue weighted by molar-refractivity contribution is 0.346. The Hall–Kier alpha value is -1.68. The fraction of sp³-hybridized carbons (Fsp3) is 0.500. The molecule has 0 saturated carbocycles. The molecule has 4 heteroatoms. The Labute approximate surface area is 119 Å². The molecule has 0 bridgehead atoms. The number of aromatic nitrogens is 2. The molecular formula is C16H23N3O. The van der Waals surface area contributed by atoms with Gasteiger partial charge in [0.05, 0.1) is 18.3 Å². The topological polar surface area (TPSA) is 46.9 Å². The van der Waals surface area contributed by atoms with Gasteiger partial charge in [0.15, 0.2) is 0 Å². The Balaban J connectivity index is 2.33. The lowest BCUT2D eigenvalue weighted by Gasteiger charge is -2.23. The second-order valence-corrected chi connectivity index (χ2v) is 5.51. The lowest BCUT2D eigenvalue weighted by atomic mass is 10.0. The van der Waals surface area contributed by atoms with E-state index < -0.39 is 0 Å². The number of benzene rings is 1. The molecule has 1 N–H and O–H groups in total. The maximum absolute atomic E-state index is 11.8. The number of fused-ring (bicyclic) bond motifs is 1. The van der Waals surface area contributed by atoms with Gasteiger partial charge in [0.25, 0.3) is 0 Å². The van der Waals surface area contributed by atoms with Crippen molar-refractivity contribution in [2.75, 3.05) is 6.54 Å². The minimum atomic E-state index is -0.0144. The van der Waals surface area contributed by atoms with Gasteiger partial charge in [0, 0.05) is 11.4 Å². The lowest BCUT2D eigenvalue weighted by Crippen LogP contribution is -2.38. The Morgan fingerprint density at radius 3 is 2.75 bits per heavy atom. The number of nitrogens with one attached hydrogen (secondary N) is 1. The van der Waals surface area contributed by atoms with E-state index in [1.807, 2.05) is 28.9 Å². The van der Waals surface area contributed by atoms with Gasteiger partial charge in [0.1, 0.15) is 0 Å². The molecule has 4 nitrogen and oxygen atoms in total. The van der Waals surface area contributed by atoms with Crippen molar-refractivity contribution in [2.45, 2.75) is 39.8 Å². The fourth-order valence-electron chi connectivity index (χ4n) is 2.33. The third-order valence-electron chi connectivity index (χ3n) is 3.59. The average molecular weight is 273 g/mol. The van der Waals surface area contributed by atoms with Crippen LogP contribution >= 0.6 is 0 Å². The first kappa shape index (κ1) is 14.7. The van der Waals surface area contributed by atoms with Gasteiger partial charge in [-0.1, -0.05) is 32.9 Å². The Kier molecular flexibility index (Phi) is 4.90. The summed E-state index contributed by atoms with van der Waals surface area (Å²) in [6.07, 6.45) is 2.53. The van der Waals surface area contributed by atoms with Gasteiger partial charge in [-0.05, 0) is 31.0 Å². The molecule has 1 aromatic heterocycles. The summed E-state index contributed by atoms with van der Waals surface area (Å²) in [7, 11) is 0. The van der Waals surface area contributed by atoms with E-state index in [1.165, 1.54) is 6.20 Å². The molecule has 0 aliphatic carbocycles. The second kappa shape index (κ2) is 6.66. The second-order valence-electron chi connectivity index (χ2n) is 5.51. The highest BCUT2D eigenvalue weighted by molar-refractivity contribution is 5.77. The minimum Gasteiger partial charge on any atom is -0.312 e. The summed E-state index contributed by atoms with van der Waals surface area (Å²) < 4.78 is 1.93. The van der Waals surface area contributed by atoms with Crippen LogP contribution in [0.15, 0.2) is 35.3 Å². The van der Waals surface area contributed by atoms with Gasteiger partial charge in [-0.15, -0.1) is 0 Å². The van der Waals surface area contributed by atoms with Crippen LogP contribution in [0, 0.1) is 5.92 Å². The van der Waals surface area contributed by atoms with Crippen LogP contribution < -0.4 is 10.7 Å². The molecule has 0 fully saturated rings. The summed E-state index contributed by atoms with van der Waals surface area (Å²) in [6.45, 7) is 8.35. The van der Waals surface area contributed by atoms with E-state index >= 15 is 0 Å². The van der Waals surface area contributed by atoms with Gasteiger partial charge in [-0.3, -0.25) is 9.48 Å². The Bertz CT molecular complexity index is 618. The molecule has 2 rings (SSSR count). The summed E-state index contributed by atoms with van der Waals surface area (Å²) in [5.41, 5.74) is 0.892. The summed E-state index contributed by atoms with van der Waals surface area (Å²) in [4.78, 5) is 11.8. The first-order valence-electron chi connectivity index (χ1n) is 7.31. The van der Waals surface area contributed by atoms with Crippen LogP contribution in [0.1, 0.15) is 27.2 Å². The van der Waals surface area contributed by atoms with Crippen molar-refractivity contribution in [2.24, 2.45) is 5.92 Å². The number of hydrogen-bond donors (Lipinski definition) is 1. The molecule has 1 unspecified atom stereocenters. The van der Waals surface area contributed by atoms with E-state index in [9.17, 15) is 4.79 Å². The molecule has 0 amide bonds. The number of hydrogen-bond acceptors (Lipinski definition) is 3. The maximum atomic E-state index is 11.8. The van der Waals surface area contributed by atoms with E-state index in [2.05, 4.69) is 31.2 Å². The molecule has 1 heterocycles. The normalized spacial score (nSPS) is 13.0. The average Bonchev–Trinajstić information content (AvgIpc) is 2.45. The summed E-state index contributed by atoms with van der Waals surface area (Å²) >= 11 is 0. The monoisotopic (exact) mass is 273 g/mol. The summed E-state index contributed by atoms with van der Waals surface area (Å²) in [5, 5.41) is 8.60. The van der Waals surface area contributed by atoms with Gasteiger partial charge < -0.3 is 5.32 Å². The van der Waals surface area contributed by atoms with E-state index in [0.717, 1.165) is 30.4 Å². The van der Waals surface area contributed by atoms with Crippen molar-refractivity contribution in [3.05, 3.63) is 40.7 Å².